The first-order chi connectivity index (χ1) is 13.5. The van der Waals surface area contributed by atoms with Crippen molar-refractivity contribution in [3.05, 3.63) is 30.1 Å². The van der Waals surface area contributed by atoms with Gasteiger partial charge in [0, 0.05) is 38.8 Å². The van der Waals surface area contributed by atoms with Gasteiger partial charge < -0.3 is 20.7 Å². The molecule has 29 heavy (non-hydrogen) atoms. The number of likely N-dealkylation sites (N-methyl/N-ethyl adjacent to an activating group) is 1. The molecule has 1 saturated heterocycles. The molecule has 9 heteroatoms. The van der Waals surface area contributed by atoms with Gasteiger partial charge in [0.15, 0.2) is 5.96 Å². The molecule has 0 saturated carbocycles. The zero-order valence-electron chi connectivity index (χ0n) is 17.4. The van der Waals surface area contributed by atoms with E-state index in [-0.39, 0.29) is 41.8 Å². The third-order valence-electron chi connectivity index (χ3n) is 4.56. The van der Waals surface area contributed by atoms with E-state index in [4.69, 9.17) is 4.74 Å². The van der Waals surface area contributed by atoms with E-state index in [1.807, 2.05) is 13.8 Å². The van der Waals surface area contributed by atoms with Crippen LogP contribution in [0.2, 0.25) is 0 Å². The van der Waals surface area contributed by atoms with Crippen molar-refractivity contribution < 1.29 is 13.9 Å². The average molecular weight is 521 g/mol. The van der Waals surface area contributed by atoms with Crippen molar-refractivity contribution in [1.29, 1.82) is 0 Å². The molecule has 1 aromatic carbocycles. The lowest BCUT2D eigenvalue weighted by Crippen LogP contribution is -2.50. The van der Waals surface area contributed by atoms with Crippen LogP contribution in [-0.2, 0) is 4.79 Å². The van der Waals surface area contributed by atoms with Gasteiger partial charge in [-0.15, -0.1) is 24.0 Å². The third kappa shape index (κ3) is 9.62. The van der Waals surface area contributed by atoms with Gasteiger partial charge in [-0.3, -0.25) is 9.69 Å². The number of nitrogens with zero attached hydrogens (tertiary/aromatic N) is 2. The van der Waals surface area contributed by atoms with E-state index >= 15 is 0 Å². The molecule has 3 N–H and O–H groups in total. The van der Waals surface area contributed by atoms with E-state index in [2.05, 4.69) is 25.8 Å². The highest BCUT2D eigenvalue weighted by Gasteiger charge is 2.21. The lowest BCUT2D eigenvalue weighted by Gasteiger charge is -2.32. The summed E-state index contributed by atoms with van der Waals surface area (Å²) in [5, 5.41) is 9.39. The number of guanidine groups is 1. The van der Waals surface area contributed by atoms with Gasteiger partial charge in [0.05, 0.1) is 13.1 Å². The van der Waals surface area contributed by atoms with Crippen LogP contribution in [0.4, 0.5) is 4.39 Å². The number of benzene rings is 1. The van der Waals surface area contributed by atoms with Crippen LogP contribution in [0.15, 0.2) is 29.3 Å². The second-order valence-corrected chi connectivity index (χ2v) is 6.97. The molecule has 1 fully saturated rings. The second-order valence-electron chi connectivity index (χ2n) is 6.97. The third-order valence-corrected chi connectivity index (χ3v) is 4.56. The standard InChI is InChI=1S/C20H32FN5O2.HI/c1-4-23-20(24-13-15(2)28-18-7-5-6-16(21)12-18)25-17-8-10-26(11-9-17)14-19(27)22-3;/h5-7,12,15,17H,4,8-11,13-14H2,1-3H3,(H,22,27)(H2,23,24,25);1H. The molecule has 0 bridgehead atoms. The number of piperidine rings is 1. The number of nitrogens with one attached hydrogen (secondary N) is 3. The Hall–Kier alpha value is -1.62. The minimum Gasteiger partial charge on any atom is -0.489 e. The van der Waals surface area contributed by atoms with Gasteiger partial charge in [-0.05, 0) is 38.8 Å². The second kappa shape index (κ2) is 13.6. The van der Waals surface area contributed by atoms with Crippen molar-refractivity contribution >= 4 is 35.8 Å². The SMILES string of the molecule is CCNC(=NCC(C)Oc1cccc(F)c1)NC1CCN(CC(=O)NC)CC1.I. The zero-order chi connectivity index (χ0) is 20.4. The number of carbonyl (C=O) groups excluding carboxylic acids is 1. The van der Waals surface area contributed by atoms with Crippen LogP contribution < -0.4 is 20.7 Å². The Morgan fingerprint density at radius 1 is 1.38 bits per heavy atom. The van der Waals surface area contributed by atoms with Gasteiger partial charge in [0.25, 0.3) is 0 Å². The summed E-state index contributed by atoms with van der Waals surface area (Å²) in [5.41, 5.74) is 0. The number of hydrogen-bond donors (Lipinski definition) is 3. The lowest BCUT2D eigenvalue weighted by molar-refractivity contribution is -0.122. The van der Waals surface area contributed by atoms with Crippen molar-refractivity contribution in [1.82, 2.24) is 20.9 Å². The van der Waals surface area contributed by atoms with E-state index in [1.54, 1.807) is 19.2 Å². The number of carbonyl (C=O) groups is 1. The Morgan fingerprint density at radius 2 is 2.10 bits per heavy atom. The summed E-state index contributed by atoms with van der Waals surface area (Å²) >= 11 is 0. The van der Waals surface area contributed by atoms with Crippen molar-refractivity contribution in [2.75, 3.05) is 39.8 Å². The maximum atomic E-state index is 13.3. The van der Waals surface area contributed by atoms with Gasteiger partial charge in [0.2, 0.25) is 5.91 Å². The Kier molecular flexibility index (Phi) is 11.9. The topological polar surface area (TPSA) is 78.0 Å². The van der Waals surface area contributed by atoms with Gasteiger partial charge in [-0.25, -0.2) is 9.38 Å². The van der Waals surface area contributed by atoms with E-state index in [0.717, 1.165) is 38.4 Å². The highest BCUT2D eigenvalue weighted by molar-refractivity contribution is 14.0. The van der Waals surface area contributed by atoms with Gasteiger partial charge >= 0.3 is 0 Å². The summed E-state index contributed by atoms with van der Waals surface area (Å²) in [6.45, 7) is 7.37. The fourth-order valence-electron chi connectivity index (χ4n) is 3.06. The number of aliphatic imine (C=N–C) groups is 1. The lowest BCUT2D eigenvalue weighted by atomic mass is 10.1. The maximum Gasteiger partial charge on any atom is 0.233 e. The molecule has 0 radical (unpaired) electrons. The molecule has 1 unspecified atom stereocenters. The molecule has 164 valence electrons. The van der Waals surface area contributed by atoms with E-state index in [1.165, 1.54) is 12.1 Å². The predicted octanol–water partition coefficient (Wildman–Crippen LogP) is 1.98. The first-order valence-electron chi connectivity index (χ1n) is 9.90. The average Bonchev–Trinajstić information content (AvgIpc) is 2.67. The van der Waals surface area contributed by atoms with E-state index in [0.29, 0.717) is 24.9 Å². The number of likely N-dealkylation sites (tertiary alicyclic amines) is 1. The first kappa shape index (κ1) is 25.4. The Bertz CT molecular complexity index is 654. The van der Waals surface area contributed by atoms with Gasteiger partial charge in [-0.2, -0.15) is 0 Å². The first-order valence-corrected chi connectivity index (χ1v) is 9.90. The minimum atomic E-state index is -0.314. The highest BCUT2D eigenvalue weighted by atomic mass is 127. The van der Waals surface area contributed by atoms with Crippen LogP contribution in [0.1, 0.15) is 26.7 Å². The molecule has 1 amide bonds. The number of hydrogen-bond acceptors (Lipinski definition) is 4. The molecule has 1 aliphatic heterocycles. The molecule has 1 atom stereocenters. The normalized spacial score (nSPS) is 16.5. The monoisotopic (exact) mass is 521 g/mol. The molecule has 2 rings (SSSR count). The molecular weight excluding hydrogens is 488 g/mol. The Balaban J connectivity index is 0.00000420. The van der Waals surface area contributed by atoms with E-state index in [9.17, 15) is 9.18 Å². The molecule has 0 aromatic heterocycles. The fraction of sp³-hybridized carbons (Fsp3) is 0.600. The summed E-state index contributed by atoms with van der Waals surface area (Å²) < 4.78 is 19.0. The molecule has 7 nitrogen and oxygen atoms in total. The van der Waals surface area contributed by atoms with Crippen molar-refractivity contribution in [3.8, 4) is 5.75 Å². The zero-order valence-corrected chi connectivity index (χ0v) is 19.7. The highest BCUT2D eigenvalue weighted by Crippen LogP contribution is 2.14. The summed E-state index contributed by atoms with van der Waals surface area (Å²) in [6, 6.07) is 6.44. The number of rotatable bonds is 8. The maximum absolute atomic E-state index is 13.3. The van der Waals surface area contributed by atoms with Crippen LogP contribution in [0.25, 0.3) is 0 Å². The van der Waals surface area contributed by atoms with Gasteiger partial charge in [-0.1, -0.05) is 6.07 Å². The van der Waals surface area contributed by atoms with Crippen molar-refractivity contribution in [2.45, 2.75) is 38.8 Å². The molecule has 0 aliphatic carbocycles. The number of halogens is 2. The number of amides is 1. The molecule has 1 aliphatic rings. The fourth-order valence-corrected chi connectivity index (χ4v) is 3.06. The smallest absolute Gasteiger partial charge is 0.233 e. The molecule has 0 spiro atoms. The van der Waals surface area contributed by atoms with Gasteiger partial charge in [0.1, 0.15) is 17.7 Å². The minimum absolute atomic E-state index is 0. The molecular formula is C20H33FIN5O2. The molecule has 1 aromatic rings. The number of ether oxygens (including phenoxy) is 1. The Morgan fingerprint density at radius 3 is 2.72 bits per heavy atom. The summed E-state index contributed by atoms with van der Waals surface area (Å²) in [4.78, 5) is 18.3. The van der Waals surface area contributed by atoms with Crippen LogP contribution in [0.3, 0.4) is 0 Å². The molecule has 1 heterocycles. The summed E-state index contributed by atoms with van der Waals surface area (Å²) in [7, 11) is 1.66. The van der Waals surface area contributed by atoms with E-state index < -0.39 is 0 Å². The summed E-state index contributed by atoms with van der Waals surface area (Å²) in [5.74, 6) is 0.991. The van der Waals surface area contributed by atoms with Crippen LogP contribution in [0, 0.1) is 5.82 Å². The van der Waals surface area contributed by atoms with Crippen molar-refractivity contribution in [2.24, 2.45) is 4.99 Å². The predicted molar refractivity (Wildman–Crippen MR) is 125 cm³/mol. The Labute approximate surface area is 189 Å². The van der Waals surface area contributed by atoms with Crippen LogP contribution in [-0.4, -0.2) is 68.7 Å². The van der Waals surface area contributed by atoms with Crippen LogP contribution in [0.5, 0.6) is 5.75 Å². The summed E-state index contributed by atoms with van der Waals surface area (Å²) in [6.07, 6.45) is 1.74. The van der Waals surface area contributed by atoms with Crippen molar-refractivity contribution in [3.63, 3.8) is 0 Å². The largest absolute Gasteiger partial charge is 0.489 e. The quantitative estimate of drug-likeness (QED) is 0.277. The van der Waals surface area contributed by atoms with Crippen LogP contribution >= 0.6 is 24.0 Å².